The first-order valence-corrected chi connectivity index (χ1v) is 5.38. The first-order valence-electron chi connectivity index (χ1n) is 2.98. The van der Waals surface area contributed by atoms with Gasteiger partial charge in [-0.15, -0.1) is 11.3 Å². The van der Waals surface area contributed by atoms with Gasteiger partial charge in [0.25, 0.3) is 0 Å². The Kier molecular flexibility index (Phi) is 3.52. The van der Waals surface area contributed by atoms with Crippen LogP contribution in [0.5, 0.6) is 0 Å². The van der Waals surface area contributed by atoms with E-state index in [-0.39, 0.29) is 6.54 Å². The van der Waals surface area contributed by atoms with Crippen LogP contribution in [-0.2, 0) is 0 Å². The lowest BCUT2D eigenvalue weighted by atomic mass is 10.3. The third-order valence-electron chi connectivity index (χ3n) is 1.22. The van der Waals surface area contributed by atoms with E-state index in [1.807, 2.05) is 6.07 Å². The highest BCUT2D eigenvalue weighted by Gasteiger charge is 2.10. The molecule has 1 atom stereocenters. The van der Waals surface area contributed by atoms with Gasteiger partial charge in [-0.2, -0.15) is 0 Å². The van der Waals surface area contributed by atoms with Crippen LogP contribution >= 0.6 is 43.2 Å². The molecule has 0 aromatic carbocycles. The van der Waals surface area contributed by atoms with Crippen molar-refractivity contribution in [2.24, 2.45) is 5.73 Å². The standard InChI is InChI=1S/C6H7Br2NOS/c7-3-1-5(4(10)2-9)11-6(3)8/h1,4,10H,2,9H2. The van der Waals surface area contributed by atoms with Gasteiger partial charge in [0.1, 0.15) is 6.10 Å². The lowest BCUT2D eigenvalue weighted by Crippen LogP contribution is -2.09. The minimum absolute atomic E-state index is 0.263. The molecule has 1 aromatic rings. The van der Waals surface area contributed by atoms with Crippen LogP contribution in [0.3, 0.4) is 0 Å². The van der Waals surface area contributed by atoms with Crippen LogP contribution in [0.25, 0.3) is 0 Å². The molecule has 0 spiro atoms. The van der Waals surface area contributed by atoms with Crippen molar-refractivity contribution in [2.45, 2.75) is 6.10 Å². The van der Waals surface area contributed by atoms with E-state index in [4.69, 9.17) is 5.73 Å². The molecule has 0 aliphatic heterocycles. The molecule has 0 aliphatic rings. The van der Waals surface area contributed by atoms with Gasteiger partial charge in [-0.25, -0.2) is 0 Å². The van der Waals surface area contributed by atoms with Crippen LogP contribution in [0, 0.1) is 0 Å². The van der Waals surface area contributed by atoms with Gasteiger partial charge in [0, 0.05) is 15.9 Å². The number of rotatable bonds is 2. The highest BCUT2D eigenvalue weighted by atomic mass is 79.9. The molecule has 11 heavy (non-hydrogen) atoms. The van der Waals surface area contributed by atoms with Crippen molar-refractivity contribution in [2.75, 3.05) is 6.54 Å². The number of nitrogens with two attached hydrogens (primary N) is 1. The van der Waals surface area contributed by atoms with Crippen molar-refractivity contribution in [3.63, 3.8) is 0 Å². The molecule has 2 nitrogen and oxygen atoms in total. The molecule has 5 heteroatoms. The normalized spacial score (nSPS) is 13.5. The minimum Gasteiger partial charge on any atom is -0.386 e. The SMILES string of the molecule is NCC(O)c1cc(Br)c(Br)s1. The Hall–Kier alpha value is 0.580. The van der Waals surface area contributed by atoms with Crippen LogP contribution in [0.4, 0.5) is 0 Å². The average Bonchev–Trinajstić information content (AvgIpc) is 2.31. The molecule has 0 radical (unpaired) electrons. The van der Waals surface area contributed by atoms with Crippen molar-refractivity contribution in [3.05, 3.63) is 19.2 Å². The Morgan fingerprint density at radius 2 is 2.27 bits per heavy atom. The van der Waals surface area contributed by atoms with Gasteiger partial charge < -0.3 is 10.8 Å². The second kappa shape index (κ2) is 4.00. The van der Waals surface area contributed by atoms with Gasteiger partial charge in [0.15, 0.2) is 0 Å². The topological polar surface area (TPSA) is 46.2 Å². The fraction of sp³-hybridized carbons (Fsp3) is 0.333. The highest BCUT2D eigenvalue weighted by Crippen LogP contribution is 2.34. The second-order valence-corrected chi connectivity index (χ2v) is 5.28. The van der Waals surface area contributed by atoms with Crippen LogP contribution in [0.2, 0.25) is 0 Å². The first-order chi connectivity index (χ1) is 5.15. The van der Waals surface area contributed by atoms with Crippen LogP contribution in [-0.4, -0.2) is 11.7 Å². The molecule has 1 unspecified atom stereocenters. The van der Waals surface area contributed by atoms with E-state index in [2.05, 4.69) is 31.9 Å². The molecule has 0 fully saturated rings. The third kappa shape index (κ3) is 2.26. The predicted octanol–water partition coefficient (Wildman–Crippen LogP) is 2.27. The number of halogens is 2. The fourth-order valence-electron chi connectivity index (χ4n) is 0.644. The third-order valence-corrected chi connectivity index (χ3v) is 4.57. The van der Waals surface area contributed by atoms with E-state index in [0.29, 0.717) is 0 Å². The van der Waals surface area contributed by atoms with Gasteiger partial charge >= 0.3 is 0 Å². The van der Waals surface area contributed by atoms with E-state index in [9.17, 15) is 5.11 Å². The average molecular weight is 301 g/mol. The molecule has 0 saturated carbocycles. The van der Waals surface area contributed by atoms with E-state index in [1.165, 1.54) is 11.3 Å². The number of hydrogen-bond acceptors (Lipinski definition) is 3. The maximum absolute atomic E-state index is 9.31. The van der Waals surface area contributed by atoms with Crippen LogP contribution < -0.4 is 5.73 Å². The molecule has 1 heterocycles. The number of aliphatic hydroxyl groups excluding tert-OH is 1. The van der Waals surface area contributed by atoms with Crippen molar-refractivity contribution < 1.29 is 5.11 Å². The smallest absolute Gasteiger partial charge is 0.100 e. The lowest BCUT2D eigenvalue weighted by Gasteiger charge is -2.01. The summed E-state index contributed by atoms with van der Waals surface area (Å²) in [6.45, 7) is 0.263. The number of aliphatic hydroxyl groups is 1. The fourth-order valence-corrected chi connectivity index (χ4v) is 2.73. The first kappa shape index (κ1) is 9.67. The van der Waals surface area contributed by atoms with Gasteiger partial charge in [0.2, 0.25) is 0 Å². The van der Waals surface area contributed by atoms with E-state index < -0.39 is 6.10 Å². The Morgan fingerprint density at radius 1 is 1.64 bits per heavy atom. The molecule has 0 aliphatic carbocycles. The maximum atomic E-state index is 9.31. The molecule has 0 amide bonds. The van der Waals surface area contributed by atoms with Crippen molar-refractivity contribution in [3.8, 4) is 0 Å². The zero-order valence-corrected chi connectivity index (χ0v) is 9.54. The summed E-state index contributed by atoms with van der Waals surface area (Å²) in [5.74, 6) is 0. The molecule has 1 rings (SSSR count). The Balaban J connectivity index is 2.88. The molecule has 1 aromatic heterocycles. The zero-order chi connectivity index (χ0) is 8.43. The predicted molar refractivity (Wildman–Crippen MR) is 53.7 cm³/mol. The molecule has 0 saturated heterocycles. The largest absolute Gasteiger partial charge is 0.386 e. The van der Waals surface area contributed by atoms with E-state index >= 15 is 0 Å². The van der Waals surface area contributed by atoms with E-state index in [0.717, 1.165) is 13.1 Å². The second-order valence-electron chi connectivity index (χ2n) is 2.02. The van der Waals surface area contributed by atoms with Crippen LogP contribution in [0.15, 0.2) is 14.3 Å². The van der Waals surface area contributed by atoms with Gasteiger partial charge in [0.05, 0.1) is 3.79 Å². The summed E-state index contributed by atoms with van der Waals surface area (Å²) in [4.78, 5) is 0.881. The van der Waals surface area contributed by atoms with Gasteiger partial charge in [-0.1, -0.05) is 0 Å². The maximum Gasteiger partial charge on any atom is 0.100 e. The Labute approximate surface area is 85.7 Å². The minimum atomic E-state index is -0.539. The van der Waals surface area contributed by atoms with E-state index in [1.54, 1.807) is 0 Å². The molecular formula is C6H7Br2NOS. The number of thiophene rings is 1. The molecular weight excluding hydrogens is 294 g/mol. The van der Waals surface area contributed by atoms with Crippen molar-refractivity contribution >= 4 is 43.2 Å². The summed E-state index contributed by atoms with van der Waals surface area (Å²) < 4.78 is 1.95. The summed E-state index contributed by atoms with van der Waals surface area (Å²) in [6.07, 6.45) is -0.539. The highest BCUT2D eigenvalue weighted by molar-refractivity contribution is 9.13. The Bertz CT molecular complexity index is 231. The lowest BCUT2D eigenvalue weighted by molar-refractivity contribution is 0.190. The van der Waals surface area contributed by atoms with Crippen molar-refractivity contribution in [1.29, 1.82) is 0 Å². The molecule has 0 bridgehead atoms. The summed E-state index contributed by atoms with van der Waals surface area (Å²) >= 11 is 8.15. The number of hydrogen-bond donors (Lipinski definition) is 2. The Morgan fingerprint density at radius 3 is 2.64 bits per heavy atom. The van der Waals surface area contributed by atoms with Gasteiger partial charge in [-0.05, 0) is 37.9 Å². The summed E-state index contributed by atoms with van der Waals surface area (Å²) in [6, 6.07) is 1.87. The van der Waals surface area contributed by atoms with Crippen LogP contribution in [0.1, 0.15) is 11.0 Å². The summed E-state index contributed by atoms with van der Waals surface area (Å²) in [5.41, 5.74) is 5.29. The van der Waals surface area contributed by atoms with Gasteiger partial charge in [-0.3, -0.25) is 0 Å². The molecule has 62 valence electrons. The summed E-state index contributed by atoms with van der Waals surface area (Å²) in [7, 11) is 0. The summed E-state index contributed by atoms with van der Waals surface area (Å²) in [5, 5.41) is 9.31. The molecule has 3 N–H and O–H groups in total. The zero-order valence-electron chi connectivity index (χ0n) is 5.55. The quantitative estimate of drug-likeness (QED) is 0.880. The van der Waals surface area contributed by atoms with Crippen molar-refractivity contribution in [1.82, 2.24) is 0 Å². The monoisotopic (exact) mass is 299 g/mol.